The Labute approximate surface area is 151 Å². The molecule has 140 valence electrons. The molecule has 1 fully saturated rings. The molecule has 0 aromatic heterocycles. The molecule has 25 heavy (non-hydrogen) atoms. The van der Waals surface area contributed by atoms with E-state index in [0.29, 0.717) is 0 Å². The van der Waals surface area contributed by atoms with Crippen molar-refractivity contribution in [3.05, 3.63) is 29.8 Å². The first-order chi connectivity index (χ1) is 12.1. The molecule has 0 saturated carbocycles. The zero-order valence-corrected chi connectivity index (χ0v) is 15.8. The first-order valence-electron chi connectivity index (χ1n) is 8.95. The van der Waals surface area contributed by atoms with E-state index < -0.39 is 0 Å². The smallest absolute Gasteiger partial charge is 0.237 e. The van der Waals surface area contributed by atoms with Crippen LogP contribution in [-0.2, 0) is 9.53 Å². The van der Waals surface area contributed by atoms with Crippen LogP contribution in [0.4, 0.5) is 0 Å². The van der Waals surface area contributed by atoms with Crippen LogP contribution in [0.5, 0.6) is 5.75 Å². The predicted molar refractivity (Wildman–Crippen MR) is 98.9 cm³/mol. The van der Waals surface area contributed by atoms with Gasteiger partial charge >= 0.3 is 0 Å². The number of para-hydroxylation sites is 1. The van der Waals surface area contributed by atoms with Crippen LogP contribution in [-0.4, -0.2) is 75.3 Å². The van der Waals surface area contributed by atoms with Crippen molar-refractivity contribution in [2.24, 2.45) is 0 Å². The maximum absolute atomic E-state index is 12.7. The number of hydrogen-bond acceptors (Lipinski definition) is 5. The first kappa shape index (κ1) is 19.7. The molecule has 6 heteroatoms. The summed E-state index contributed by atoms with van der Waals surface area (Å²) in [6, 6.07) is 7.57. The number of benzene rings is 1. The van der Waals surface area contributed by atoms with E-state index >= 15 is 0 Å². The molecule has 0 bridgehead atoms. The van der Waals surface area contributed by atoms with Crippen LogP contribution in [0.15, 0.2) is 24.3 Å². The lowest BCUT2D eigenvalue weighted by Gasteiger charge is -2.37. The number of rotatable bonds is 8. The fraction of sp³-hybridized carbons (Fsp3) is 0.632. The first-order valence-corrected chi connectivity index (χ1v) is 8.95. The zero-order valence-electron chi connectivity index (χ0n) is 15.8. The predicted octanol–water partition coefficient (Wildman–Crippen LogP) is 1.52. The van der Waals surface area contributed by atoms with Gasteiger partial charge in [0, 0.05) is 45.4 Å². The Kier molecular flexibility index (Phi) is 7.68. The third-order valence-electron chi connectivity index (χ3n) is 4.91. The van der Waals surface area contributed by atoms with E-state index in [4.69, 9.17) is 9.47 Å². The van der Waals surface area contributed by atoms with Crippen molar-refractivity contribution in [3.8, 4) is 5.75 Å². The average Bonchev–Trinajstić information content (AvgIpc) is 2.66. The molecule has 0 aliphatic carbocycles. The number of amides is 1. The van der Waals surface area contributed by atoms with Gasteiger partial charge in [0.2, 0.25) is 5.91 Å². The lowest BCUT2D eigenvalue weighted by Crippen LogP contribution is -2.54. The number of piperazine rings is 1. The molecule has 0 spiro atoms. The van der Waals surface area contributed by atoms with Gasteiger partial charge in [-0.3, -0.25) is 14.6 Å². The second kappa shape index (κ2) is 9.75. The summed E-state index contributed by atoms with van der Waals surface area (Å²) in [6.07, 6.45) is 0. The molecule has 1 aliphatic rings. The summed E-state index contributed by atoms with van der Waals surface area (Å²) < 4.78 is 10.5. The van der Waals surface area contributed by atoms with Crippen molar-refractivity contribution in [2.75, 3.05) is 53.6 Å². The quantitative estimate of drug-likeness (QED) is 0.771. The van der Waals surface area contributed by atoms with Crippen molar-refractivity contribution in [3.63, 3.8) is 0 Å². The summed E-state index contributed by atoms with van der Waals surface area (Å²) in [6.45, 7) is 9.44. The molecule has 1 amide bonds. The number of ether oxygens (including phenoxy) is 2. The second-order valence-corrected chi connectivity index (χ2v) is 6.52. The minimum absolute atomic E-state index is 0.0590. The largest absolute Gasteiger partial charge is 0.496 e. The van der Waals surface area contributed by atoms with Gasteiger partial charge in [0.15, 0.2) is 0 Å². The lowest BCUT2D eigenvalue weighted by atomic mass is 10.1. The topological polar surface area (TPSA) is 54.0 Å². The Morgan fingerprint density at radius 1 is 1.16 bits per heavy atom. The van der Waals surface area contributed by atoms with Crippen molar-refractivity contribution in [2.45, 2.75) is 25.9 Å². The summed E-state index contributed by atoms with van der Waals surface area (Å²) in [4.78, 5) is 17.3. The summed E-state index contributed by atoms with van der Waals surface area (Å²) in [5.41, 5.74) is 0.995. The molecular weight excluding hydrogens is 318 g/mol. The van der Waals surface area contributed by atoms with E-state index in [1.807, 2.05) is 38.1 Å². The molecule has 6 nitrogen and oxygen atoms in total. The number of carbonyl (C=O) groups is 1. The van der Waals surface area contributed by atoms with E-state index in [9.17, 15) is 4.79 Å². The van der Waals surface area contributed by atoms with Crippen LogP contribution in [0.3, 0.4) is 0 Å². The van der Waals surface area contributed by atoms with Crippen LogP contribution < -0.4 is 10.1 Å². The van der Waals surface area contributed by atoms with Crippen molar-refractivity contribution < 1.29 is 14.3 Å². The monoisotopic (exact) mass is 349 g/mol. The number of carbonyl (C=O) groups excluding carboxylic acids is 1. The summed E-state index contributed by atoms with van der Waals surface area (Å²) in [7, 11) is 3.38. The summed E-state index contributed by atoms with van der Waals surface area (Å²) >= 11 is 0. The van der Waals surface area contributed by atoms with Gasteiger partial charge in [-0.15, -0.1) is 0 Å². The number of methoxy groups -OCH3 is 2. The Hall–Kier alpha value is -1.63. The number of nitrogens with one attached hydrogen (secondary N) is 1. The van der Waals surface area contributed by atoms with E-state index in [0.717, 1.165) is 50.6 Å². The summed E-state index contributed by atoms with van der Waals surface area (Å²) in [5, 5.41) is 3.12. The SMILES string of the molecule is COCCN1CCN([C@@H](C)C(=O)N[C@@H](C)c2ccccc2OC)CC1. The van der Waals surface area contributed by atoms with Crippen LogP contribution in [0.2, 0.25) is 0 Å². The minimum Gasteiger partial charge on any atom is -0.496 e. The lowest BCUT2D eigenvalue weighted by molar-refractivity contribution is -0.127. The van der Waals surface area contributed by atoms with Gasteiger partial charge in [0.25, 0.3) is 0 Å². The molecule has 0 unspecified atom stereocenters. The minimum atomic E-state index is -0.137. The Morgan fingerprint density at radius 3 is 2.48 bits per heavy atom. The molecule has 2 rings (SSSR count). The van der Waals surface area contributed by atoms with Gasteiger partial charge < -0.3 is 14.8 Å². The highest BCUT2D eigenvalue weighted by Crippen LogP contribution is 2.24. The van der Waals surface area contributed by atoms with Crippen molar-refractivity contribution in [1.29, 1.82) is 0 Å². The molecule has 1 heterocycles. The van der Waals surface area contributed by atoms with Crippen molar-refractivity contribution >= 4 is 5.91 Å². The van der Waals surface area contributed by atoms with Gasteiger partial charge in [-0.1, -0.05) is 18.2 Å². The molecule has 1 aromatic carbocycles. The molecule has 1 N–H and O–H groups in total. The highest BCUT2D eigenvalue weighted by atomic mass is 16.5. The average molecular weight is 349 g/mol. The second-order valence-electron chi connectivity index (χ2n) is 6.52. The number of nitrogens with zero attached hydrogens (tertiary/aromatic N) is 2. The van der Waals surface area contributed by atoms with Gasteiger partial charge in [-0.2, -0.15) is 0 Å². The van der Waals surface area contributed by atoms with Gasteiger partial charge in [0.05, 0.1) is 25.8 Å². The molecule has 0 radical (unpaired) electrons. The normalized spacial score (nSPS) is 18.6. The van der Waals surface area contributed by atoms with E-state index in [1.54, 1.807) is 14.2 Å². The highest BCUT2D eigenvalue weighted by molar-refractivity contribution is 5.81. The van der Waals surface area contributed by atoms with E-state index in [2.05, 4.69) is 15.1 Å². The van der Waals surface area contributed by atoms with Gasteiger partial charge in [-0.25, -0.2) is 0 Å². The van der Waals surface area contributed by atoms with Crippen LogP contribution >= 0.6 is 0 Å². The Bertz CT molecular complexity index is 544. The fourth-order valence-electron chi connectivity index (χ4n) is 3.20. The third-order valence-corrected chi connectivity index (χ3v) is 4.91. The summed E-state index contributed by atoms with van der Waals surface area (Å²) in [5.74, 6) is 0.860. The van der Waals surface area contributed by atoms with E-state index in [-0.39, 0.29) is 18.0 Å². The molecule has 1 aliphatic heterocycles. The standard InChI is InChI=1S/C19H31N3O3/c1-15(17-7-5-6-8-18(17)25-4)20-19(23)16(2)22-11-9-21(10-12-22)13-14-24-3/h5-8,15-16H,9-14H2,1-4H3,(H,20,23)/t15-,16-/m0/s1. The van der Waals surface area contributed by atoms with Crippen LogP contribution in [0.1, 0.15) is 25.5 Å². The van der Waals surface area contributed by atoms with Crippen LogP contribution in [0.25, 0.3) is 0 Å². The maximum atomic E-state index is 12.7. The van der Waals surface area contributed by atoms with E-state index in [1.165, 1.54) is 0 Å². The van der Waals surface area contributed by atoms with Gasteiger partial charge in [0.1, 0.15) is 5.75 Å². The molecule has 1 saturated heterocycles. The van der Waals surface area contributed by atoms with Crippen LogP contribution in [0, 0.1) is 0 Å². The van der Waals surface area contributed by atoms with Crippen molar-refractivity contribution in [1.82, 2.24) is 15.1 Å². The fourth-order valence-corrected chi connectivity index (χ4v) is 3.20. The molecule has 2 atom stereocenters. The zero-order chi connectivity index (χ0) is 18.2. The Balaban J connectivity index is 1.86. The number of hydrogen-bond donors (Lipinski definition) is 1. The third kappa shape index (κ3) is 5.42. The molecule has 1 aromatic rings. The Morgan fingerprint density at radius 2 is 1.84 bits per heavy atom. The maximum Gasteiger partial charge on any atom is 0.237 e. The molecular formula is C19H31N3O3. The van der Waals surface area contributed by atoms with Gasteiger partial charge in [-0.05, 0) is 19.9 Å². The highest BCUT2D eigenvalue weighted by Gasteiger charge is 2.26.